The van der Waals surface area contributed by atoms with Gasteiger partial charge < -0.3 is 9.47 Å². The number of ether oxygens (including phenoxy) is 2. The molecule has 0 N–H and O–H groups in total. The number of hydrogen-bond acceptors (Lipinski definition) is 5. The summed E-state index contributed by atoms with van der Waals surface area (Å²) in [5.74, 6) is 0.646. The Morgan fingerprint density at radius 1 is 1.37 bits per heavy atom. The van der Waals surface area contributed by atoms with Gasteiger partial charge in [-0.3, -0.25) is 0 Å². The van der Waals surface area contributed by atoms with E-state index in [4.69, 9.17) is 14.7 Å². The highest BCUT2D eigenvalue weighted by Gasteiger charge is 2.58. The van der Waals surface area contributed by atoms with Gasteiger partial charge in [0.2, 0.25) is 6.79 Å². The Bertz CT molecular complexity index is 662. The van der Waals surface area contributed by atoms with E-state index >= 15 is 0 Å². The molecule has 1 aliphatic carbocycles. The molecule has 100 valence electrons. The number of hydrogen-bond donors (Lipinski definition) is 0. The highest BCUT2D eigenvalue weighted by molar-refractivity contribution is 7.92. The van der Waals surface area contributed by atoms with Crippen LogP contribution in [0.5, 0.6) is 11.5 Å². The van der Waals surface area contributed by atoms with Gasteiger partial charge in [-0.05, 0) is 17.7 Å². The third kappa shape index (κ3) is 1.85. The van der Waals surface area contributed by atoms with Crippen LogP contribution < -0.4 is 9.47 Å². The largest absolute Gasteiger partial charge is 0.454 e. The van der Waals surface area contributed by atoms with Crippen LogP contribution in [0.25, 0.3) is 0 Å². The standard InChI is InChI=1S/C13H13NO4S/c1-2-19(15,16)13-9(6-14)12(13)8-3-4-10-11(5-8)18-7-17-10/h3-5,9,12-13H,2,7H2,1H3/t9-,12-,13-/m1/s1. The van der Waals surface area contributed by atoms with Gasteiger partial charge in [0.15, 0.2) is 21.3 Å². The Balaban J connectivity index is 1.94. The Kier molecular flexibility index (Phi) is 2.68. The van der Waals surface area contributed by atoms with Crippen molar-refractivity contribution in [3.8, 4) is 17.6 Å². The van der Waals surface area contributed by atoms with Gasteiger partial charge in [-0.15, -0.1) is 0 Å². The number of rotatable bonds is 3. The summed E-state index contributed by atoms with van der Waals surface area (Å²) in [6.07, 6.45) is 0. The molecule has 0 spiro atoms. The van der Waals surface area contributed by atoms with Crippen molar-refractivity contribution in [1.29, 1.82) is 5.26 Å². The number of sulfone groups is 1. The second kappa shape index (κ2) is 4.14. The van der Waals surface area contributed by atoms with Crippen molar-refractivity contribution >= 4 is 9.84 Å². The molecule has 0 radical (unpaired) electrons. The van der Waals surface area contributed by atoms with Gasteiger partial charge in [-0.1, -0.05) is 13.0 Å². The number of nitrogens with zero attached hydrogens (tertiary/aromatic N) is 1. The zero-order valence-corrected chi connectivity index (χ0v) is 11.2. The minimum atomic E-state index is -3.19. The highest BCUT2D eigenvalue weighted by Crippen LogP contribution is 2.53. The van der Waals surface area contributed by atoms with E-state index in [2.05, 4.69) is 6.07 Å². The van der Waals surface area contributed by atoms with Crippen LogP contribution in [0, 0.1) is 17.2 Å². The summed E-state index contributed by atoms with van der Waals surface area (Å²) in [4.78, 5) is 0. The molecule has 1 aromatic rings. The molecule has 1 aromatic carbocycles. The van der Waals surface area contributed by atoms with Crippen molar-refractivity contribution in [1.82, 2.24) is 0 Å². The van der Waals surface area contributed by atoms with Crippen molar-refractivity contribution in [3.05, 3.63) is 23.8 Å². The van der Waals surface area contributed by atoms with Gasteiger partial charge in [0.25, 0.3) is 0 Å². The summed E-state index contributed by atoms with van der Waals surface area (Å²) in [6, 6.07) is 7.45. The normalized spacial score (nSPS) is 27.9. The zero-order chi connectivity index (χ0) is 13.6. The third-order valence-electron chi connectivity index (χ3n) is 3.70. The minimum absolute atomic E-state index is 0.0664. The van der Waals surface area contributed by atoms with E-state index in [-0.39, 0.29) is 18.5 Å². The first-order chi connectivity index (χ1) is 9.08. The maximum Gasteiger partial charge on any atom is 0.231 e. The Labute approximate surface area is 111 Å². The van der Waals surface area contributed by atoms with Crippen LogP contribution in [0.3, 0.4) is 0 Å². The molecule has 19 heavy (non-hydrogen) atoms. The van der Waals surface area contributed by atoms with E-state index in [0.717, 1.165) is 5.56 Å². The topological polar surface area (TPSA) is 76.4 Å². The Morgan fingerprint density at radius 2 is 2.11 bits per heavy atom. The monoisotopic (exact) mass is 279 g/mol. The van der Waals surface area contributed by atoms with Crippen LogP contribution in [0.2, 0.25) is 0 Å². The van der Waals surface area contributed by atoms with E-state index in [1.165, 1.54) is 0 Å². The summed E-state index contributed by atoms with van der Waals surface area (Å²) in [6.45, 7) is 1.79. The lowest BCUT2D eigenvalue weighted by Gasteiger charge is -2.02. The smallest absolute Gasteiger partial charge is 0.231 e. The summed E-state index contributed by atoms with van der Waals surface area (Å²) >= 11 is 0. The molecule has 0 saturated heterocycles. The van der Waals surface area contributed by atoms with Crippen molar-refractivity contribution in [2.24, 2.45) is 5.92 Å². The van der Waals surface area contributed by atoms with E-state index < -0.39 is 21.0 Å². The molecule has 0 aromatic heterocycles. The molecule has 1 saturated carbocycles. The lowest BCUT2D eigenvalue weighted by atomic mass is 10.1. The molecule has 3 rings (SSSR count). The summed E-state index contributed by atoms with van der Waals surface area (Å²) in [5, 5.41) is 8.51. The summed E-state index contributed by atoms with van der Waals surface area (Å²) < 4.78 is 34.4. The molecule has 2 aliphatic rings. The van der Waals surface area contributed by atoms with Crippen molar-refractivity contribution in [2.75, 3.05) is 12.5 Å². The van der Waals surface area contributed by atoms with Gasteiger partial charge in [-0.25, -0.2) is 8.42 Å². The van der Waals surface area contributed by atoms with Crippen LogP contribution in [0.4, 0.5) is 0 Å². The zero-order valence-electron chi connectivity index (χ0n) is 10.4. The molecule has 1 aliphatic heterocycles. The molecule has 1 heterocycles. The second-order valence-corrected chi connectivity index (χ2v) is 7.16. The molecule has 3 atom stereocenters. The third-order valence-corrected chi connectivity index (χ3v) is 5.92. The fourth-order valence-corrected chi connectivity index (χ4v) is 4.34. The fraction of sp³-hybridized carbons (Fsp3) is 0.462. The molecule has 1 fully saturated rings. The predicted octanol–water partition coefficient (Wildman–Crippen LogP) is 1.46. The number of nitriles is 1. The summed E-state index contributed by atoms with van der Waals surface area (Å²) in [5.41, 5.74) is 0.831. The molecule has 5 nitrogen and oxygen atoms in total. The molecule has 0 bridgehead atoms. The van der Waals surface area contributed by atoms with Gasteiger partial charge in [0.05, 0.1) is 17.2 Å². The van der Waals surface area contributed by atoms with Crippen LogP contribution >= 0.6 is 0 Å². The Morgan fingerprint density at radius 3 is 2.79 bits per heavy atom. The number of fused-ring (bicyclic) bond motifs is 1. The SMILES string of the molecule is CCS(=O)(=O)[C@@H]1[C@H](C#N)[C@H]1c1ccc2c(c1)OCO2. The lowest BCUT2D eigenvalue weighted by Crippen LogP contribution is -2.12. The van der Waals surface area contributed by atoms with Gasteiger partial charge >= 0.3 is 0 Å². The highest BCUT2D eigenvalue weighted by atomic mass is 32.2. The van der Waals surface area contributed by atoms with Gasteiger partial charge in [0.1, 0.15) is 0 Å². The fourth-order valence-electron chi connectivity index (χ4n) is 2.59. The lowest BCUT2D eigenvalue weighted by molar-refractivity contribution is 0.174. The summed E-state index contributed by atoms with van der Waals surface area (Å²) in [7, 11) is -3.19. The number of benzene rings is 1. The van der Waals surface area contributed by atoms with Gasteiger partial charge in [-0.2, -0.15) is 5.26 Å². The maximum absolute atomic E-state index is 11.9. The minimum Gasteiger partial charge on any atom is -0.454 e. The molecule has 0 unspecified atom stereocenters. The molecule has 6 heteroatoms. The van der Waals surface area contributed by atoms with E-state index in [9.17, 15) is 8.42 Å². The first-order valence-corrected chi connectivity index (χ1v) is 7.80. The van der Waals surface area contributed by atoms with Gasteiger partial charge in [0, 0.05) is 11.7 Å². The average Bonchev–Trinajstić information content (AvgIpc) is 2.99. The van der Waals surface area contributed by atoms with E-state index in [0.29, 0.717) is 11.5 Å². The van der Waals surface area contributed by atoms with Crippen molar-refractivity contribution in [3.63, 3.8) is 0 Å². The first kappa shape index (κ1) is 12.3. The Hall–Kier alpha value is -1.74. The maximum atomic E-state index is 11.9. The quantitative estimate of drug-likeness (QED) is 0.837. The second-order valence-electron chi connectivity index (χ2n) is 4.71. The van der Waals surface area contributed by atoms with Crippen molar-refractivity contribution < 1.29 is 17.9 Å². The average molecular weight is 279 g/mol. The van der Waals surface area contributed by atoms with E-state index in [1.807, 2.05) is 6.07 Å². The predicted molar refractivity (Wildman–Crippen MR) is 67.7 cm³/mol. The first-order valence-electron chi connectivity index (χ1n) is 6.09. The van der Waals surface area contributed by atoms with Crippen LogP contribution in [0.1, 0.15) is 18.4 Å². The molecule has 0 amide bonds. The molecular weight excluding hydrogens is 266 g/mol. The van der Waals surface area contributed by atoms with E-state index in [1.54, 1.807) is 19.1 Å². The van der Waals surface area contributed by atoms with Crippen LogP contribution in [-0.4, -0.2) is 26.2 Å². The van der Waals surface area contributed by atoms with Crippen LogP contribution in [-0.2, 0) is 9.84 Å². The van der Waals surface area contributed by atoms with Crippen LogP contribution in [0.15, 0.2) is 18.2 Å². The molecular formula is C13H13NO4S. The van der Waals surface area contributed by atoms with Crippen molar-refractivity contribution in [2.45, 2.75) is 18.1 Å².